The highest BCUT2D eigenvalue weighted by atomic mass is 35.5. The number of nitrogens with zero attached hydrogens (tertiary/aromatic N) is 1. The lowest BCUT2D eigenvalue weighted by Gasteiger charge is -2.20. The second kappa shape index (κ2) is 6.46. The van der Waals surface area contributed by atoms with Crippen molar-refractivity contribution in [3.63, 3.8) is 0 Å². The predicted molar refractivity (Wildman–Crippen MR) is 77.0 cm³/mol. The maximum absolute atomic E-state index is 6.14. The quantitative estimate of drug-likeness (QED) is 0.814. The van der Waals surface area contributed by atoms with E-state index in [0.717, 1.165) is 30.9 Å². The van der Waals surface area contributed by atoms with Crippen molar-refractivity contribution in [3.05, 3.63) is 22.7 Å². The number of nitrogens with one attached hydrogen (secondary N) is 1. The van der Waals surface area contributed by atoms with Crippen molar-refractivity contribution >= 4 is 11.6 Å². The van der Waals surface area contributed by atoms with E-state index in [0.29, 0.717) is 16.8 Å². The normalized spacial score (nSPS) is 13.6. The van der Waals surface area contributed by atoms with Crippen LogP contribution in [0.2, 0.25) is 5.02 Å². The van der Waals surface area contributed by atoms with Gasteiger partial charge in [-0.05, 0) is 38.6 Å². The SMILES string of the molecule is CC(C)N(C)CCNCc1cc(Cl)c2c(c1)OCO2. The second-order valence-electron chi connectivity index (χ2n) is 5.06. The van der Waals surface area contributed by atoms with Gasteiger partial charge in [-0.2, -0.15) is 0 Å². The molecule has 0 unspecified atom stereocenters. The molecule has 2 rings (SSSR count). The van der Waals surface area contributed by atoms with Crippen LogP contribution in [-0.2, 0) is 6.54 Å². The van der Waals surface area contributed by atoms with Gasteiger partial charge in [-0.25, -0.2) is 0 Å². The van der Waals surface area contributed by atoms with E-state index in [2.05, 4.69) is 31.1 Å². The summed E-state index contributed by atoms with van der Waals surface area (Å²) in [5, 5.41) is 4.03. The van der Waals surface area contributed by atoms with Crippen LogP contribution in [0.25, 0.3) is 0 Å². The molecule has 1 aromatic rings. The predicted octanol–water partition coefficient (Wildman–Crippen LogP) is 2.50. The zero-order valence-corrected chi connectivity index (χ0v) is 12.5. The lowest BCUT2D eigenvalue weighted by molar-refractivity contribution is 0.174. The van der Waals surface area contributed by atoms with Crippen molar-refractivity contribution in [1.82, 2.24) is 10.2 Å². The number of hydrogen-bond acceptors (Lipinski definition) is 4. The summed E-state index contributed by atoms with van der Waals surface area (Å²) in [4.78, 5) is 2.31. The van der Waals surface area contributed by atoms with Crippen molar-refractivity contribution in [2.45, 2.75) is 26.4 Å². The van der Waals surface area contributed by atoms with E-state index >= 15 is 0 Å². The van der Waals surface area contributed by atoms with E-state index in [-0.39, 0.29) is 6.79 Å². The third-order valence-corrected chi connectivity index (χ3v) is 3.62. The fraction of sp³-hybridized carbons (Fsp3) is 0.571. The van der Waals surface area contributed by atoms with Crippen LogP contribution in [0.3, 0.4) is 0 Å². The Morgan fingerprint density at radius 1 is 1.37 bits per heavy atom. The van der Waals surface area contributed by atoms with E-state index in [4.69, 9.17) is 21.1 Å². The Hall–Kier alpha value is -0.970. The fourth-order valence-corrected chi connectivity index (χ4v) is 2.16. The summed E-state index contributed by atoms with van der Waals surface area (Å²) in [5.74, 6) is 1.40. The topological polar surface area (TPSA) is 33.7 Å². The lowest BCUT2D eigenvalue weighted by atomic mass is 10.2. The van der Waals surface area contributed by atoms with Crippen LogP contribution in [0.15, 0.2) is 12.1 Å². The molecular weight excluding hydrogens is 264 g/mol. The molecule has 0 aromatic heterocycles. The average Bonchev–Trinajstić information content (AvgIpc) is 2.83. The van der Waals surface area contributed by atoms with Crippen molar-refractivity contribution in [2.75, 3.05) is 26.9 Å². The van der Waals surface area contributed by atoms with Crippen LogP contribution in [-0.4, -0.2) is 37.9 Å². The minimum atomic E-state index is 0.255. The minimum absolute atomic E-state index is 0.255. The van der Waals surface area contributed by atoms with Gasteiger partial charge in [0.25, 0.3) is 0 Å². The molecule has 0 radical (unpaired) electrons. The first-order valence-corrected chi connectivity index (χ1v) is 6.94. The molecule has 0 spiro atoms. The van der Waals surface area contributed by atoms with Gasteiger partial charge >= 0.3 is 0 Å². The maximum Gasteiger partial charge on any atom is 0.231 e. The second-order valence-corrected chi connectivity index (χ2v) is 5.47. The summed E-state index contributed by atoms with van der Waals surface area (Å²) >= 11 is 6.14. The van der Waals surface area contributed by atoms with Crippen LogP contribution in [0.5, 0.6) is 11.5 Å². The van der Waals surface area contributed by atoms with Gasteiger partial charge in [0.05, 0.1) is 5.02 Å². The zero-order chi connectivity index (χ0) is 13.8. The van der Waals surface area contributed by atoms with E-state index in [9.17, 15) is 0 Å². The summed E-state index contributed by atoms with van der Waals surface area (Å²) in [7, 11) is 2.13. The molecule has 1 aromatic carbocycles. The minimum Gasteiger partial charge on any atom is -0.454 e. The molecule has 1 heterocycles. The van der Waals surface area contributed by atoms with Crippen molar-refractivity contribution < 1.29 is 9.47 Å². The Kier molecular flexibility index (Phi) is 4.91. The summed E-state index contributed by atoms with van der Waals surface area (Å²) in [6, 6.07) is 4.48. The third kappa shape index (κ3) is 3.75. The Morgan fingerprint density at radius 2 is 2.16 bits per heavy atom. The molecular formula is C14H21ClN2O2. The number of likely N-dealkylation sites (N-methyl/N-ethyl adjacent to an activating group) is 1. The van der Waals surface area contributed by atoms with Gasteiger partial charge in [-0.3, -0.25) is 0 Å². The summed E-state index contributed by atoms with van der Waals surface area (Å²) in [6.07, 6.45) is 0. The first kappa shape index (κ1) is 14.4. The molecule has 0 amide bonds. The summed E-state index contributed by atoms with van der Waals surface area (Å²) in [6.45, 7) is 7.39. The fourth-order valence-electron chi connectivity index (χ4n) is 1.87. The van der Waals surface area contributed by atoms with Crippen LogP contribution >= 0.6 is 11.6 Å². The molecule has 0 saturated heterocycles. The van der Waals surface area contributed by atoms with Gasteiger partial charge < -0.3 is 19.7 Å². The molecule has 1 aliphatic rings. The number of hydrogen-bond donors (Lipinski definition) is 1. The molecule has 106 valence electrons. The van der Waals surface area contributed by atoms with E-state index in [1.807, 2.05) is 12.1 Å². The number of ether oxygens (including phenoxy) is 2. The lowest BCUT2D eigenvalue weighted by Crippen LogP contribution is -2.33. The molecule has 19 heavy (non-hydrogen) atoms. The number of fused-ring (bicyclic) bond motifs is 1. The highest BCUT2D eigenvalue weighted by molar-refractivity contribution is 6.32. The van der Waals surface area contributed by atoms with Crippen LogP contribution < -0.4 is 14.8 Å². The molecule has 0 aliphatic carbocycles. The molecule has 0 saturated carbocycles. The first-order chi connectivity index (χ1) is 9.08. The Morgan fingerprint density at radius 3 is 2.89 bits per heavy atom. The van der Waals surface area contributed by atoms with Crippen molar-refractivity contribution in [3.8, 4) is 11.5 Å². The van der Waals surface area contributed by atoms with E-state index in [1.165, 1.54) is 0 Å². The van der Waals surface area contributed by atoms with Crippen molar-refractivity contribution in [1.29, 1.82) is 0 Å². The Bertz CT molecular complexity index is 438. The molecule has 4 nitrogen and oxygen atoms in total. The monoisotopic (exact) mass is 284 g/mol. The molecule has 0 atom stereocenters. The van der Waals surface area contributed by atoms with E-state index < -0.39 is 0 Å². The Labute approximate surface area is 119 Å². The van der Waals surface area contributed by atoms with Gasteiger partial charge in [0.2, 0.25) is 6.79 Å². The highest BCUT2D eigenvalue weighted by Crippen LogP contribution is 2.39. The van der Waals surface area contributed by atoms with E-state index in [1.54, 1.807) is 0 Å². The van der Waals surface area contributed by atoms with Crippen LogP contribution in [0.4, 0.5) is 0 Å². The standard InChI is InChI=1S/C14H21ClN2O2/c1-10(2)17(3)5-4-16-8-11-6-12(15)14-13(7-11)18-9-19-14/h6-7,10,16H,4-5,8-9H2,1-3H3. The summed E-state index contributed by atoms with van der Waals surface area (Å²) in [5.41, 5.74) is 1.11. The molecule has 1 aliphatic heterocycles. The van der Waals surface area contributed by atoms with Gasteiger partial charge in [0, 0.05) is 25.7 Å². The zero-order valence-electron chi connectivity index (χ0n) is 11.7. The van der Waals surface area contributed by atoms with Crippen LogP contribution in [0, 0.1) is 0 Å². The number of halogens is 1. The number of benzene rings is 1. The Balaban J connectivity index is 1.82. The first-order valence-electron chi connectivity index (χ1n) is 6.57. The smallest absolute Gasteiger partial charge is 0.231 e. The molecule has 0 bridgehead atoms. The molecule has 0 fully saturated rings. The molecule has 5 heteroatoms. The van der Waals surface area contributed by atoms with Gasteiger partial charge in [0.15, 0.2) is 11.5 Å². The highest BCUT2D eigenvalue weighted by Gasteiger charge is 2.17. The van der Waals surface area contributed by atoms with Crippen LogP contribution in [0.1, 0.15) is 19.4 Å². The van der Waals surface area contributed by atoms with Gasteiger partial charge in [0.1, 0.15) is 0 Å². The third-order valence-electron chi connectivity index (χ3n) is 3.34. The maximum atomic E-state index is 6.14. The summed E-state index contributed by atoms with van der Waals surface area (Å²) < 4.78 is 10.6. The van der Waals surface area contributed by atoms with Crippen molar-refractivity contribution in [2.24, 2.45) is 0 Å². The number of rotatable bonds is 6. The van der Waals surface area contributed by atoms with Gasteiger partial charge in [-0.15, -0.1) is 0 Å². The largest absolute Gasteiger partial charge is 0.454 e. The van der Waals surface area contributed by atoms with Gasteiger partial charge in [-0.1, -0.05) is 11.6 Å². The molecule has 1 N–H and O–H groups in total. The average molecular weight is 285 g/mol.